The molecule has 134 valence electrons. The largest absolute Gasteiger partial charge is 0.493 e. The summed E-state index contributed by atoms with van der Waals surface area (Å²) in [6.45, 7) is -2.98. The Balaban J connectivity index is 1.73. The first kappa shape index (κ1) is 17.3. The van der Waals surface area contributed by atoms with Crippen molar-refractivity contribution in [2.24, 2.45) is 0 Å². The van der Waals surface area contributed by atoms with E-state index in [0.717, 1.165) is 5.69 Å². The normalized spacial score (nSPS) is 10.6. The van der Waals surface area contributed by atoms with Crippen molar-refractivity contribution in [3.05, 3.63) is 54.4 Å². The van der Waals surface area contributed by atoms with E-state index in [1.807, 2.05) is 0 Å². The summed E-state index contributed by atoms with van der Waals surface area (Å²) >= 11 is 0. The summed E-state index contributed by atoms with van der Waals surface area (Å²) in [4.78, 5) is 12.3. The van der Waals surface area contributed by atoms with Gasteiger partial charge >= 0.3 is 6.61 Å². The Morgan fingerprint density at radius 3 is 2.54 bits per heavy atom. The van der Waals surface area contributed by atoms with E-state index < -0.39 is 12.5 Å². The molecule has 10 heteroatoms. The molecule has 0 fully saturated rings. The number of amides is 1. The number of nitrogens with one attached hydrogen (secondary N) is 1. The predicted molar refractivity (Wildman–Crippen MR) is 86.7 cm³/mol. The lowest BCUT2D eigenvalue weighted by molar-refractivity contribution is -0.0512. The SMILES string of the molecule is COc1cc(C(=O)Nc2ccc(-n3cnnn3)cc2)ccc1OC(F)F. The van der Waals surface area contributed by atoms with Gasteiger partial charge in [0.15, 0.2) is 11.5 Å². The van der Waals surface area contributed by atoms with Crippen LogP contribution in [0.25, 0.3) is 5.69 Å². The van der Waals surface area contributed by atoms with Crippen molar-refractivity contribution in [1.29, 1.82) is 0 Å². The van der Waals surface area contributed by atoms with Crippen LogP contribution in [-0.2, 0) is 0 Å². The molecule has 1 amide bonds. The van der Waals surface area contributed by atoms with Gasteiger partial charge in [0.25, 0.3) is 5.91 Å². The number of methoxy groups -OCH3 is 1. The molecule has 3 rings (SSSR count). The van der Waals surface area contributed by atoms with E-state index in [9.17, 15) is 13.6 Å². The molecule has 0 unspecified atom stereocenters. The van der Waals surface area contributed by atoms with Gasteiger partial charge in [-0.15, -0.1) is 5.10 Å². The van der Waals surface area contributed by atoms with Gasteiger partial charge in [0, 0.05) is 11.3 Å². The zero-order chi connectivity index (χ0) is 18.5. The number of hydrogen-bond donors (Lipinski definition) is 1. The van der Waals surface area contributed by atoms with Crippen molar-refractivity contribution in [1.82, 2.24) is 20.2 Å². The Morgan fingerprint density at radius 2 is 1.92 bits per heavy atom. The minimum Gasteiger partial charge on any atom is -0.493 e. The highest BCUT2D eigenvalue weighted by molar-refractivity contribution is 6.04. The Morgan fingerprint density at radius 1 is 1.15 bits per heavy atom. The summed E-state index contributed by atoms with van der Waals surface area (Å²) in [5, 5.41) is 13.5. The number of hydrogen-bond acceptors (Lipinski definition) is 6. The third kappa shape index (κ3) is 3.91. The number of benzene rings is 2. The minimum absolute atomic E-state index is 0.0342. The molecule has 26 heavy (non-hydrogen) atoms. The Bertz CT molecular complexity index is 885. The molecule has 0 aliphatic carbocycles. The van der Waals surface area contributed by atoms with Crippen molar-refractivity contribution in [3.8, 4) is 17.2 Å². The maximum atomic E-state index is 12.3. The van der Waals surface area contributed by atoms with Crippen LogP contribution in [0.4, 0.5) is 14.5 Å². The lowest BCUT2D eigenvalue weighted by Gasteiger charge is -2.11. The number of ether oxygens (including phenoxy) is 2. The van der Waals surface area contributed by atoms with E-state index in [1.165, 1.54) is 36.3 Å². The number of carbonyl (C=O) groups is 1. The molecule has 0 saturated heterocycles. The smallest absolute Gasteiger partial charge is 0.387 e. The van der Waals surface area contributed by atoms with Crippen LogP contribution in [0, 0.1) is 0 Å². The van der Waals surface area contributed by atoms with Gasteiger partial charge in [0.2, 0.25) is 0 Å². The predicted octanol–water partition coefficient (Wildman–Crippen LogP) is 2.52. The van der Waals surface area contributed by atoms with E-state index in [2.05, 4.69) is 25.6 Å². The number of tetrazole rings is 1. The van der Waals surface area contributed by atoms with E-state index in [1.54, 1.807) is 24.3 Å². The number of alkyl halides is 2. The number of halogens is 2. The minimum atomic E-state index is -2.98. The molecule has 0 aliphatic rings. The van der Waals surface area contributed by atoms with Crippen LogP contribution in [0.15, 0.2) is 48.8 Å². The van der Waals surface area contributed by atoms with Crippen LogP contribution in [0.2, 0.25) is 0 Å². The first-order chi connectivity index (χ1) is 12.6. The molecule has 8 nitrogen and oxygen atoms in total. The molecule has 3 aromatic rings. The van der Waals surface area contributed by atoms with Crippen LogP contribution in [0.5, 0.6) is 11.5 Å². The standard InChI is InChI=1S/C16H13F2N5O3/c1-25-14-8-10(2-7-13(14)26-16(17)18)15(24)20-11-3-5-12(6-4-11)23-9-19-21-22-23/h2-9,16H,1H3,(H,20,24). The Labute approximate surface area is 146 Å². The van der Waals surface area contributed by atoms with E-state index >= 15 is 0 Å². The quantitative estimate of drug-likeness (QED) is 0.725. The first-order valence-electron chi connectivity index (χ1n) is 7.34. The number of aromatic nitrogens is 4. The maximum Gasteiger partial charge on any atom is 0.387 e. The molecule has 0 spiro atoms. The third-order valence-corrected chi connectivity index (χ3v) is 3.38. The fourth-order valence-electron chi connectivity index (χ4n) is 2.18. The van der Waals surface area contributed by atoms with Crippen LogP contribution < -0.4 is 14.8 Å². The molecule has 1 heterocycles. The van der Waals surface area contributed by atoms with Gasteiger partial charge in [-0.3, -0.25) is 4.79 Å². The van der Waals surface area contributed by atoms with Crippen molar-refractivity contribution in [2.75, 3.05) is 12.4 Å². The second kappa shape index (κ2) is 7.55. The van der Waals surface area contributed by atoms with Crippen molar-refractivity contribution < 1.29 is 23.0 Å². The molecule has 0 bridgehead atoms. The summed E-state index contributed by atoms with van der Waals surface area (Å²) in [5.74, 6) is -0.543. The monoisotopic (exact) mass is 361 g/mol. The molecule has 0 saturated carbocycles. The third-order valence-electron chi connectivity index (χ3n) is 3.38. The summed E-state index contributed by atoms with van der Waals surface area (Å²) in [5.41, 5.74) is 1.50. The molecule has 2 aromatic carbocycles. The van der Waals surface area contributed by atoms with Gasteiger partial charge in [-0.1, -0.05) is 0 Å². The fraction of sp³-hybridized carbons (Fsp3) is 0.125. The van der Waals surface area contributed by atoms with Gasteiger partial charge in [-0.25, -0.2) is 4.68 Å². The number of nitrogens with zero attached hydrogens (tertiary/aromatic N) is 4. The lowest BCUT2D eigenvalue weighted by Crippen LogP contribution is -2.12. The van der Waals surface area contributed by atoms with Gasteiger partial charge in [0.1, 0.15) is 6.33 Å². The van der Waals surface area contributed by atoms with Gasteiger partial charge in [0.05, 0.1) is 12.8 Å². The maximum absolute atomic E-state index is 12.3. The first-order valence-corrected chi connectivity index (χ1v) is 7.34. The van der Waals surface area contributed by atoms with Gasteiger partial charge in [-0.2, -0.15) is 8.78 Å². The van der Waals surface area contributed by atoms with Gasteiger partial charge < -0.3 is 14.8 Å². The highest BCUT2D eigenvalue weighted by atomic mass is 19.3. The van der Waals surface area contributed by atoms with Crippen LogP contribution in [0.3, 0.4) is 0 Å². The summed E-state index contributed by atoms with van der Waals surface area (Å²) in [6.07, 6.45) is 1.45. The van der Waals surface area contributed by atoms with E-state index in [-0.39, 0.29) is 17.1 Å². The molecule has 0 aliphatic heterocycles. The average Bonchev–Trinajstić information content (AvgIpc) is 3.17. The Hall–Kier alpha value is -3.56. The molecule has 0 atom stereocenters. The second-order valence-corrected chi connectivity index (χ2v) is 5.00. The highest BCUT2D eigenvalue weighted by Crippen LogP contribution is 2.29. The lowest BCUT2D eigenvalue weighted by atomic mass is 10.1. The number of carbonyl (C=O) groups excluding carboxylic acids is 1. The number of anilines is 1. The number of rotatable bonds is 6. The molecular formula is C16H13F2N5O3. The zero-order valence-corrected chi connectivity index (χ0v) is 13.5. The topological polar surface area (TPSA) is 91.2 Å². The van der Waals surface area contributed by atoms with Crippen LogP contribution >= 0.6 is 0 Å². The molecular weight excluding hydrogens is 348 g/mol. The molecule has 0 radical (unpaired) electrons. The summed E-state index contributed by atoms with van der Waals surface area (Å²) in [6, 6.07) is 10.8. The molecule has 1 aromatic heterocycles. The Kier molecular flexibility index (Phi) is 5.02. The summed E-state index contributed by atoms with van der Waals surface area (Å²) in [7, 11) is 1.30. The summed E-state index contributed by atoms with van der Waals surface area (Å²) < 4.78 is 35.5. The average molecular weight is 361 g/mol. The van der Waals surface area contributed by atoms with Crippen molar-refractivity contribution in [2.45, 2.75) is 6.61 Å². The van der Waals surface area contributed by atoms with Gasteiger partial charge in [-0.05, 0) is 52.9 Å². The molecule has 1 N–H and O–H groups in total. The highest BCUT2D eigenvalue weighted by Gasteiger charge is 2.14. The van der Waals surface area contributed by atoms with Crippen molar-refractivity contribution >= 4 is 11.6 Å². The van der Waals surface area contributed by atoms with Crippen molar-refractivity contribution in [3.63, 3.8) is 0 Å². The van der Waals surface area contributed by atoms with E-state index in [4.69, 9.17) is 4.74 Å². The second-order valence-electron chi connectivity index (χ2n) is 5.00. The van der Waals surface area contributed by atoms with E-state index in [0.29, 0.717) is 5.69 Å². The van der Waals surface area contributed by atoms with Crippen LogP contribution in [-0.4, -0.2) is 39.8 Å². The fourth-order valence-corrected chi connectivity index (χ4v) is 2.18. The van der Waals surface area contributed by atoms with Crippen LogP contribution in [0.1, 0.15) is 10.4 Å². The zero-order valence-electron chi connectivity index (χ0n) is 13.5.